The van der Waals surface area contributed by atoms with E-state index in [1.54, 1.807) is 7.05 Å². The number of benzene rings is 1. The van der Waals surface area contributed by atoms with Gasteiger partial charge in [0, 0.05) is 24.5 Å². The lowest BCUT2D eigenvalue weighted by Gasteiger charge is -2.15. The molecule has 1 aromatic rings. The van der Waals surface area contributed by atoms with Crippen molar-refractivity contribution in [1.29, 1.82) is 0 Å². The molecule has 1 aromatic carbocycles. The number of halogens is 1. The number of hydrogen-bond donors (Lipinski definition) is 2. The normalized spacial score (nSPS) is 12.2. The Morgan fingerprint density at radius 1 is 1.41 bits per heavy atom. The molecule has 1 rings (SSSR count). The maximum atomic E-state index is 11.0. The summed E-state index contributed by atoms with van der Waals surface area (Å²) in [6.07, 6.45) is 1.38. The van der Waals surface area contributed by atoms with Gasteiger partial charge in [-0.05, 0) is 31.5 Å². The van der Waals surface area contributed by atoms with E-state index >= 15 is 0 Å². The van der Waals surface area contributed by atoms with Crippen molar-refractivity contribution in [3.8, 4) is 0 Å². The van der Waals surface area contributed by atoms with Crippen LogP contribution in [0, 0.1) is 0 Å². The maximum absolute atomic E-state index is 11.0. The minimum absolute atomic E-state index is 0.0807. The summed E-state index contributed by atoms with van der Waals surface area (Å²) in [4.78, 5) is 11.0. The fourth-order valence-electron chi connectivity index (χ4n) is 1.63. The van der Waals surface area contributed by atoms with Crippen LogP contribution in [-0.2, 0) is 4.79 Å². The molecule has 0 radical (unpaired) electrons. The van der Waals surface area contributed by atoms with Crippen LogP contribution in [0.1, 0.15) is 31.4 Å². The molecule has 0 fully saturated rings. The third-order valence-corrected chi connectivity index (χ3v) is 3.03. The van der Waals surface area contributed by atoms with Crippen molar-refractivity contribution in [3.05, 3.63) is 34.9 Å². The molecule has 0 aliphatic heterocycles. The molecule has 0 spiro atoms. The Kier molecular flexibility index (Phi) is 6.01. The number of amides is 1. The first-order valence-electron chi connectivity index (χ1n) is 5.83. The fraction of sp³-hybridized carbons (Fsp3) is 0.462. The zero-order valence-electron chi connectivity index (χ0n) is 10.3. The second kappa shape index (κ2) is 7.30. The van der Waals surface area contributed by atoms with Crippen LogP contribution in [0.4, 0.5) is 0 Å². The van der Waals surface area contributed by atoms with E-state index in [9.17, 15) is 4.79 Å². The van der Waals surface area contributed by atoms with E-state index in [0.717, 1.165) is 23.6 Å². The SMILES string of the molecule is CNC(=O)CCCN[C@H](C)c1ccccc1Cl. The van der Waals surface area contributed by atoms with E-state index in [1.807, 2.05) is 24.3 Å². The molecule has 0 unspecified atom stereocenters. The summed E-state index contributed by atoms with van der Waals surface area (Å²) in [5.41, 5.74) is 1.09. The van der Waals surface area contributed by atoms with E-state index in [2.05, 4.69) is 17.6 Å². The molecular formula is C13H19ClN2O. The first-order valence-corrected chi connectivity index (χ1v) is 6.21. The minimum atomic E-state index is 0.0807. The van der Waals surface area contributed by atoms with Crippen molar-refractivity contribution >= 4 is 17.5 Å². The van der Waals surface area contributed by atoms with Crippen LogP contribution in [-0.4, -0.2) is 19.5 Å². The highest BCUT2D eigenvalue weighted by atomic mass is 35.5. The summed E-state index contributed by atoms with van der Waals surface area (Å²) in [7, 11) is 1.65. The minimum Gasteiger partial charge on any atom is -0.359 e. The average Bonchev–Trinajstić information content (AvgIpc) is 2.34. The van der Waals surface area contributed by atoms with Crippen LogP contribution < -0.4 is 10.6 Å². The van der Waals surface area contributed by atoms with Gasteiger partial charge in [0.1, 0.15) is 0 Å². The molecule has 4 heteroatoms. The summed E-state index contributed by atoms with van der Waals surface area (Å²) >= 11 is 6.10. The van der Waals surface area contributed by atoms with Crippen molar-refractivity contribution in [2.45, 2.75) is 25.8 Å². The zero-order valence-corrected chi connectivity index (χ0v) is 11.1. The average molecular weight is 255 g/mol. The van der Waals surface area contributed by atoms with E-state index in [-0.39, 0.29) is 11.9 Å². The molecule has 2 N–H and O–H groups in total. The molecule has 3 nitrogen and oxygen atoms in total. The van der Waals surface area contributed by atoms with E-state index in [1.165, 1.54) is 0 Å². The summed E-state index contributed by atoms with van der Waals surface area (Å²) < 4.78 is 0. The lowest BCUT2D eigenvalue weighted by atomic mass is 10.1. The number of rotatable bonds is 6. The number of nitrogens with one attached hydrogen (secondary N) is 2. The molecule has 0 aromatic heterocycles. The van der Waals surface area contributed by atoms with Gasteiger partial charge in [0.2, 0.25) is 5.91 Å². The molecule has 0 saturated heterocycles. The van der Waals surface area contributed by atoms with Crippen LogP contribution >= 0.6 is 11.6 Å². The smallest absolute Gasteiger partial charge is 0.219 e. The van der Waals surface area contributed by atoms with Crippen molar-refractivity contribution < 1.29 is 4.79 Å². The Morgan fingerprint density at radius 3 is 2.76 bits per heavy atom. The summed E-state index contributed by atoms with van der Waals surface area (Å²) in [5, 5.41) is 6.74. The molecule has 0 bridgehead atoms. The summed E-state index contributed by atoms with van der Waals surface area (Å²) in [6, 6.07) is 8.00. The van der Waals surface area contributed by atoms with Crippen molar-refractivity contribution in [1.82, 2.24) is 10.6 Å². The predicted molar refractivity (Wildman–Crippen MR) is 71.2 cm³/mol. The van der Waals surface area contributed by atoms with Crippen LogP contribution in [0.25, 0.3) is 0 Å². The lowest BCUT2D eigenvalue weighted by Crippen LogP contribution is -2.23. The van der Waals surface area contributed by atoms with Gasteiger partial charge in [0.15, 0.2) is 0 Å². The molecule has 0 aliphatic rings. The van der Waals surface area contributed by atoms with Gasteiger partial charge in [-0.3, -0.25) is 4.79 Å². The largest absolute Gasteiger partial charge is 0.359 e. The number of carbonyl (C=O) groups is 1. The van der Waals surface area contributed by atoms with Crippen molar-refractivity contribution in [3.63, 3.8) is 0 Å². The Morgan fingerprint density at radius 2 is 2.12 bits per heavy atom. The van der Waals surface area contributed by atoms with Gasteiger partial charge >= 0.3 is 0 Å². The van der Waals surface area contributed by atoms with E-state index in [0.29, 0.717) is 6.42 Å². The summed E-state index contributed by atoms with van der Waals surface area (Å²) in [5.74, 6) is 0.0807. The fourth-order valence-corrected chi connectivity index (χ4v) is 1.93. The Bertz CT molecular complexity index is 368. The third-order valence-electron chi connectivity index (χ3n) is 2.68. The highest BCUT2D eigenvalue weighted by Crippen LogP contribution is 2.21. The van der Waals surface area contributed by atoms with Crippen LogP contribution in [0.5, 0.6) is 0 Å². The highest BCUT2D eigenvalue weighted by Gasteiger charge is 2.07. The molecule has 0 aliphatic carbocycles. The van der Waals surface area contributed by atoms with Crippen LogP contribution in [0.2, 0.25) is 5.02 Å². The molecular weight excluding hydrogens is 236 g/mol. The van der Waals surface area contributed by atoms with Gasteiger partial charge in [-0.1, -0.05) is 29.8 Å². The van der Waals surface area contributed by atoms with E-state index < -0.39 is 0 Å². The van der Waals surface area contributed by atoms with E-state index in [4.69, 9.17) is 11.6 Å². The third kappa shape index (κ3) is 4.75. The predicted octanol–water partition coefficient (Wildman–Crippen LogP) is 2.52. The molecule has 0 saturated carbocycles. The zero-order chi connectivity index (χ0) is 12.7. The standard InChI is InChI=1S/C13H19ClN2O/c1-10(11-6-3-4-7-12(11)14)16-9-5-8-13(17)15-2/h3-4,6-7,10,16H,5,8-9H2,1-2H3,(H,15,17)/t10-/m1/s1. The second-order valence-electron chi connectivity index (χ2n) is 3.97. The first-order chi connectivity index (χ1) is 8.15. The lowest BCUT2D eigenvalue weighted by molar-refractivity contribution is -0.120. The van der Waals surface area contributed by atoms with Gasteiger partial charge in [-0.15, -0.1) is 0 Å². The molecule has 17 heavy (non-hydrogen) atoms. The quantitative estimate of drug-likeness (QED) is 0.766. The maximum Gasteiger partial charge on any atom is 0.219 e. The second-order valence-corrected chi connectivity index (χ2v) is 4.38. The van der Waals surface area contributed by atoms with Gasteiger partial charge < -0.3 is 10.6 Å². The molecule has 1 amide bonds. The molecule has 1 atom stereocenters. The topological polar surface area (TPSA) is 41.1 Å². The highest BCUT2D eigenvalue weighted by molar-refractivity contribution is 6.31. The first kappa shape index (κ1) is 14.0. The summed E-state index contributed by atoms with van der Waals surface area (Å²) in [6.45, 7) is 2.88. The molecule has 0 heterocycles. The van der Waals surface area contributed by atoms with Gasteiger partial charge in [0.25, 0.3) is 0 Å². The van der Waals surface area contributed by atoms with Gasteiger partial charge in [-0.2, -0.15) is 0 Å². The Labute approximate surface area is 108 Å². The van der Waals surface area contributed by atoms with Crippen molar-refractivity contribution in [2.75, 3.05) is 13.6 Å². The van der Waals surface area contributed by atoms with Crippen molar-refractivity contribution in [2.24, 2.45) is 0 Å². The van der Waals surface area contributed by atoms with Crippen LogP contribution in [0.15, 0.2) is 24.3 Å². The monoisotopic (exact) mass is 254 g/mol. The van der Waals surface area contributed by atoms with Gasteiger partial charge in [-0.25, -0.2) is 0 Å². The Balaban J connectivity index is 2.33. The number of hydrogen-bond acceptors (Lipinski definition) is 2. The van der Waals surface area contributed by atoms with Crippen LogP contribution in [0.3, 0.4) is 0 Å². The Hall–Kier alpha value is -1.06. The van der Waals surface area contributed by atoms with Gasteiger partial charge in [0.05, 0.1) is 0 Å². The number of carbonyl (C=O) groups excluding carboxylic acids is 1. The molecule has 94 valence electrons.